The summed E-state index contributed by atoms with van der Waals surface area (Å²) in [6.45, 7) is 8.35. The van der Waals surface area contributed by atoms with Crippen LogP contribution in [0.4, 0.5) is 0 Å². The van der Waals surface area contributed by atoms with Gasteiger partial charge in [0.1, 0.15) is 6.73 Å². The maximum Gasteiger partial charge on any atom is 0.228 e. The molecule has 0 saturated heterocycles. The van der Waals surface area contributed by atoms with Gasteiger partial charge in [-0.25, -0.2) is 9.67 Å². The number of ether oxygens (including phenoxy) is 2. The van der Waals surface area contributed by atoms with Gasteiger partial charge >= 0.3 is 0 Å². The molecule has 5 nitrogen and oxygen atoms in total. The van der Waals surface area contributed by atoms with Crippen molar-refractivity contribution < 1.29 is 9.47 Å². The van der Waals surface area contributed by atoms with Crippen molar-refractivity contribution in [1.82, 2.24) is 14.8 Å². The molecule has 1 fully saturated rings. The normalized spacial score (nSPS) is 15.3. The molecule has 1 aliphatic rings. The van der Waals surface area contributed by atoms with Crippen molar-refractivity contribution in [1.29, 1.82) is 0 Å². The van der Waals surface area contributed by atoms with Crippen molar-refractivity contribution in [2.45, 2.75) is 51.2 Å². The first-order chi connectivity index (χ1) is 10.9. The Morgan fingerprint density at radius 2 is 2.09 bits per heavy atom. The number of hydrogen-bond acceptors (Lipinski definition) is 4. The van der Waals surface area contributed by atoms with Crippen LogP contribution in [0.1, 0.15) is 24.5 Å². The monoisotopic (exact) mass is 397 g/mol. The Bertz CT molecular complexity index is 707. The zero-order valence-corrected chi connectivity index (χ0v) is 16.8. The van der Waals surface area contributed by atoms with E-state index in [1.165, 1.54) is 12.8 Å². The predicted octanol–water partition coefficient (Wildman–Crippen LogP) is 4.39. The number of fused-ring (bicyclic) bond motifs is 1. The van der Waals surface area contributed by atoms with Gasteiger partial charge in [0.15, 0.2) is 0 Å². The SMILES string of the molecule is COc1ncc2c(c(C3CC3)nn2COCC[Si](C)(C)C)c1Br. The van der Waals surface area contributed by atoms with Gasteiger partial charge in [0.25, 0.3) is 0 Å². The van der Waals surface area contributed by atoms with Crippen molar-refractivity contribution in [3.8, 4) is 5.88 Å². The molecule has 0 unspecified atom stereocenters. The predicted molar refractivity (Wildman–Crippen MR) is 97.9 cm³/mol. The molecular weight excluding hydrogens is 374 g/mol. The quantitative estimate of drug-likeness (QED) is 0.513. The Balaban J connectivity index is 1.85. The summed E-state index contributed by atoms with van der Waals surface area (Å²) in [6.07, 6.45) is 4.25. The summed E-state index contributed by atoms with van der Waals surface area (Å²) >= 11 is 3.63. The second kappa shape index (κ2) is 6.53. The number of hydrogen-bond donors (Lipinski definition) is 0. The lowest BCUT2D eigenvalue weighted by atomic mass is 10.2. The third-order valence-electron chi connectivity index (χ3n) is 4.10. The van der Waals surface area contributed by atoms with Gasteiger partial charge in [-0.1, -0.05) is 19.6 Å². The minimum absolute atomic E-state index is 0.480. The third-order valence-corrected chi connectivity index (χ3v) is 6.54. The Morgan fingerprint density at radius 1 is 1.35 bits per heavy atom. The number of methoxy groups -OCH3 is 1. The lowest BCUT2D eigenvalue weighted by molar-refractivity contribution is 0.0813. The molecule has 0 spiro atoms. The molecular formula is C16H24BrN3O2Si. The zero-order valence-electron chi connectivity index (χ0n) is 14.2. The van der Waals surface area contributed by atoms with Crippen molar-refractivity contribution >= 4 is 34.9 Å². The molecule has 0 amide bonds. The average Bonchev–Trinajstić information content (AvgIpc) is 3.26. The topological polar surface area (TPSA) is 49.2 Å². The van der Waals surface area contributed by atoms with Gasteiger partial charge in [-0.3, -0.25) is 0 Å². The van der Waals surface area contributed by atoms with Crippen LogP contribution in [0.3, 0.4) is 0 Å². The summed E-state index contributed by atoms with van der Waals surface area (Å²) in [5.41, 5.74) is 2.15. The Kier molecular flexibility index (Phi) is 4.80. The number of rotatable bonds is 7. The first-order valence-corrected chi connectivity index (χ1v) is 12.6. The van der Waals surface area contributed by atoms with Gasteiger partial charge in [0.05, 0.1) is 29.0 Å². The number of pyridine rings is 1. The minimum Gasteiger partial charge on any atom is -0.480 e. The third kappa shape index (κ3) is 3.77. The summed E-state index contributed by atoms with van der Waals surface area (Å²) in [5.74, 6) is 1.17. The van der Waals surface area contributed by atoms with Crippen LogP contribution in [0, 0.1) is 0 Å². The van der Waals surface area contributed by atoms with Crippen molar-refractivity contribution in [3.05, 3.63) is 16.4 Å². The van der Waals surface area contributed by atoms with E-state index in [-0.39, 0.29) is 0 Å². The summed E-state index contributed by atoms with van der Waals surface area (Å²) in [7, 11) is 0.574. The van der Waals surface area contributed by atoms with E-state index in [1.807, 2.05) is 10.9 Å². The van der Waals surface area contributed by atoms with E-state index in [4.69, 9.17) is 14.6 Å². The molecule has 7 heteroatoms. The summed E-state index contributed by atoms with van der Waals surface area (Å²) in [4.78, 5) is 4.37. The Morgan fingerprint density at radius 3 is 2.70 bits per heavy atom. The first kappa shape index (κ1) is 16.9. The zero-order chi connectivity index (χ0) is 16.6. The van der Waals surface area contributed by atoms with Crippen LogP contribution >= 0.6 is 15.9 Å². The van der Waals surface area contributed by atoms with Crippen LogP contribution in [0.2, 0.25) is 25.7 Å². The molecule has 23 heavy (non-hydrogen) atoms. The standard InChI is InChI=1S/C16H24BrN3O2Si/c1-21-16-14(17)13-12(9-18-16)20(19-15(13)11-5-6-11)10-22-7-8-23(2,3)4/h9,11H,5-8,10H2,1-4H3. The molecule has 1 aliphatic carbocycles. The Hall–Kier alpha value is -0.923. The lowest BCUT2D eigenvalue weighted by Crippen LogP contribution is -2.22. The molecule has 0 aromatic carbocycles. The van der Waals surface area contributed by atoms with Crippen LogP contribution in [-0.2, 0) is 11.5 Å². The van der Waals surface area contributed by atoms with Crippen LogP contribution < -0.4 is 4.74 Å². The number of nitrogens with zero attached hydrogens (tertiary/aromatic N) is 3. The van der Waals surface area contributed by atoms with Gasteiger partial charge < -0.3 is 9.47 Å². The summed E-state index contributed by atoms with van der Waals surface area (Å²) < 4.78 is 14.0. The molecule has 0 bridgehead atoms. The first-order valence-electron chi connectivity index (χ1n) is 8.07. The van der Waals surface area contributed by atoms with Crippen molar-refractivity contribution in [3.63, 3.8) is 0 Å². The number of aromatic nitrogens is 3. The fourth-order valence-electron chi connectivity index (χ4n) is 2.55. The van der Waals surface area contributed by atoms with Crippen LogP contribution in [0.5, 0.6) is 5.88 Å². The molecule has 0 radical (unpaired) electrons. The highest BCUT2D eigenvalue weighted by atomic mass is 79.9. The van der Waals surface area contributed by atoms with Gasteiger partial charge in [0, 0.05) is 26.0 Å². The fraction of sp³-hybridized carbons (Fsp3) is 0.625. The fourth-order valence-corrected chi connectivity index (χ4v) is 3.97. The van der Waals surface area contributed by atoms with Gasteiger partial charge in [0.2, 0.25) is 5.88 Å². The largest absolute Gasteiger partial charge is 0.480 e. The van der Waals surface area contributed by atoms with Crippen molar-refractivity contribution in [2.75, 3.05) is 13.7 Å². The molecule has 0 atom stereocenters. The molecule has 0 aliphatic heterocycles. The second-order valence-electron chi connectivity index (χ2n) is 7.35. The van der Waals surface area contributed by atoms with E-state index < -0.39 is 8.07 Å². The van der Waals surface area contributed by atoms with E-state index in [0.717, 1.165) is 33.7 Å². The van der Waals surface area contributed by atoms with E-state index in [9.17, 15) is 0 Å². The number of halogens is 1. The Labute approximate surface area is 146 Å². The smallest absolute Gasteiger partial charge is 0.228 e. The highest BCUT2D eigenvalue weighted by Crippen LogP contribution is 2.45. The highest BCUT2D eigenvalue weighted by molar-refractivity contribution is 9.10. The summed E-state index contributed by atoms with van der Waals surface area (Å²) in [6, 6.07) is 1.16. The van der Waals surface area contributed by atoms with E-state index in [0.29, 0.717) is 18.5 Å². The van der Waals surface area contributed by atoms with E-state index in [1.54, 1.807) is 7.11 Å². The van der Waals surface area contributed by atoms with Gasteiger partial charge in [-0.15, -0.1) is 0 Å². The minimum atomic E-state index is -1.06. The van der Waals surface area contributed by atoms with Gasteiger partial charge in [-0.2, -0.15) is 5.10 Å². The van der Waals surface area contributed by atoms with Crippen LogP contribution in [0.25, 0.3) is 10.9 Å². The van der Waals surface area contributed by atoms with Crippen molar-refractivity contribution in [2.24, 2.45) is 0 Å². The maximum atomic E-state index is 5.87. The molecule has 3 rings (SSSR count). The van der Waals surface area contributed by atoms with Crippen LogP contribution in [0.15, 0.2) is 10.7 Å². The summed E-state index contributed by atoms with van der Waals surface area (Å²) in [5, 5.41) is 5.92. The maximum absolute atomic E-state index is 5.87. The second-order valence-corrected chi connectivity index (χ2v) is 13.8. The molecule has 0 N–H and O–H groups in total. The molecule has 126 valence electrons. The molecule has 2 heterocycles. The highest BCUT2D eigenvalue weighted by Gasteiger charge is 2.31. The lowest BCUT2D eigenvalue weighted by Gasteiger charge is -2.15. The molecule has 2 aromatic heterocycles. The molecule has 1 saturated carbocycles. The van der Waals surface area contributed by atoms with E-state index >= 15 is 0 Å². The van der Waals surface area contributed by atoms with Crippen LogP contribution in [-0.4, -0.2) is 36.6 Å². The molecule has 2 aromatic rings. The van der Waals surface area contributed by atoms with E-state index in [2.05, 4.69) is 40.6 Å². The van der Waals surface area contributed by atoms with Gasteiger partial charge in [-0.05, 0) is 34.8 Å². The average molecular weight is 398 g/mol.